The van der Waals surface area contributed by atoms with Gasteiger partial charge >= 0.3 is 0 Å². The lowest BCUT2D eigenvalue weighted by Crippen LogP contribution is -2.33. The maximum atomic E-state index is 5.06. The van der Waals surface area contributed by atoms with E-state index >= 15 is 0 Å². The molecule has 7 heteroatoms. The van der Waals surface area contributed by atoms with E-state index in [4.69, 9.17) is 12.2 Å². The van der Waals surface area contributed by atoms with Gasteiger partial charge < -0.3 is 15.2 Å². The Morgan fingerprint density at radius 1 is 1.40 bits per heavy atom. The highest BCUT2D eigenvalue weighted by Gasteiger charge is 2.23. The number of hydrogen-bond donors (Lipinski definition) is 2. The van der Waals surface area contributed by atoms with Crippen LogP contribution in [0.3, 0.4) is 0 Å². The predicted molar refractivity (Wildman–Crippen MR) is 87.3 cm³/mol. The Morgan fingerprint density at radius 2 is 2.15 bits per heavy atom. The zero-order valence-corrected chi connectivity index (χ0v) is 13.8. The van der Waals surface area contributed by atoms with Crippen molar-refractivity contribution in [1.82, 2.24) is 25.4 Å². The fourth-order valence-electron chi connectivity index (χ4n) is 2.68. The molecule has 1 aliphatic carbocycles. The van der Waals surface area contributed by atoms with Crippen LogP contribution in [0.2, 0.25) is 0 Å². The third-order valence-electron chi connectivity index (χ3n) is 3.70. The molecule has 2 N–H and O–H groups in total. The molecule has 1 aromatic heterocycles. The topological polar surface area (TPSA) is 54.8 Å². The average molecular weight is 313 g/mol. The first-order valence-corrected chi connectivity index (χ1v) is 8.83. The lowest BCUT2D eigenvalue weighted by atomic mass is 10.2. The van der Waals surface area contributed by atoms with Crippen LogP contribution in [0.1, 0.15) is 44.0 Å². The van der Waals surface area contributed by atoms with Crippen molar-refractivity contribution in [2.45, 2.75) is 49.7 Å². The van der Waals surface area contributed by atoms with Crippen molar-refractivity contribution >= 4 is 29.1 Å². The molecule has 0 aromatic carbocycles. The summed E-state index contributed by atoms with van der Waals surface area (Å²) in [5.74, 6) is 1.12. The molecule has 2 rings (SSSR count). The van der Waals surface area contributed by atoms with Crippen LogP contribution in [0.5, 0.6) is 0 Å². The summed E-state index contributed by atoms with van der Waals surface area (Å²) < 4.78 is 2.37. The summed E-state index contributed by atoms with van der Waals surface area (Å²) in [4.78, 5) is 0. The average Bonchev–Trinajstić information content (AvgIpc) is 3.11. The van der Waals surface area contributed by atoms with Crippen molar-refractivity contribution in [1.29, 1.82) is 0 Å². The molecular formula is C13H23N5S2. The van der Waals surface area contributed by atoms with Crippen LogP contribution in [0.15, 0.2) is 5.16 Å². The lowest BCUT2D eigenvalue weighted by molar-refractivity contribution is 0.460. The van der Waals surface area contributed by atoms with E-state index in [-0.39, 0.29) is 0 Å². The molecular weight excluding hydrogens is 290 g/mol. The summed E-state index contributed by atoms with van der Waals surface area (Å²) in [6.45, 7) is 0.867. The van der Waals surface area contributed by atoms with Gasteiger partial charge in [0.15, 0.2) is 10.3 Å². The molecule has 0 radical (unpaired) electrons. The van der Waals surface area contributed by atoms with E-state index in [1.54, 1.807) is 11.8 Å². The molecule has 0 unspecified atom stereocenters. The number of aromatic nitrogens is 3. The van der Waals surface area contributed by atoms with Gasteiger partial charge in [-0.2, -0.15) is 0 Å². The van der Waals surface area contributed by atoms with E-state index in [2.05, 4.69) is 31.7 Å². The van der Waals surface area contributed by atoms with Crippen molar-refractivity contribution in [3.05, 3.63) is 5.82 Å². The van der Waals surface area contributed by atoms with E-state index in [0.29, 0.717) is 11.2 Å². The standard InChI is InChI=1S/C13H23N5S2/c1-14-12(19)15-9-5-8-11-16-17-13(20-2)18(11)10-6-3-4-7-10/h10H,3-9H2,1-2H3,(H2,14,15,19). The number of aryl methyl sites for hydroxylation is 1. The Balaban J connectivity index is 1.93. The van der Waals surface area contributed by atoms with E-state index in [1.165, 1.54) is 25.7 Å². The van der Waals surface area contributed by atoms with Crippen molar-refractivity contribution in [2.24, 2.45) is 0 Å². The van der Waals surface area contributed by atoms with E-state index in [0.717, 1.165) is 30.4 Å². The summed E-state index contributed by atoms with van der Waals surface area (Å²) in [7, 11) is 1.83. The van der Waals surface area contributed by atoms with Crippen molar-refractivity contribution in [3.63, 3.8) is 0 Å². The molecule has 112 valence electrons. The van der Waals surface area contributed by atoms with Crippen LogP contribution in [0.4, 0.5) is 0 Å². The minimum atomic E-state index is 0.605. The van der Waals surface area contributed by atoms with Gasteiger partial charge in [-0.15, -0.1) is 10.2 Å². The number of thiocarbonyl (C=S) groups is 1. The number of hydrogen-bond acceptors (Lipinski definition) is 4. The third-order valence-corrected chi connectivity index (χ3v) is 4.69. The van der Waals surface area contributed by atoms with Crippen molar-refractivity contribution in [2.75, 3.05) is 19.8 Å². The molecule has 0 spiro atoms. The summed E-state index contributed by atoms with van der Waals surface area (Å²) in [6, 6.07) is 0.605. The molecule has 5 nitrogen and oxygen atoms in total. The smallest absolute Gasteiger partial charge is 0.191 e. The molecule has 20 heavy (non-hydrogen) atoms. The minimum absolute atomic E-state index is 0.605. The highest BCUT2D eigenvalue weighted by molar-refractivity contribution is 7.98. The lowest BCUT2D eigenvalue weighted by Gasteiger charge is -2.16. The van der Waals surface area contributed by atoms with Gasteiger partial charge in [-0.05, 0) is 37.7 Å². The zero-order chi connectivity index (χ0) is 14.4. The fraction of sp³-hybridized carbons (Fsp3) is 0.769. The Morgan fingerprint density at radius 3 is 2.80 bits per heavy atom. The zero-order valence-electron chi connectivity index (χ0n) is 12.2. The van der Waals surface area contributed by atoms with Gasteiger partial charge in [0.1, 0.15) is 5.82 Å². The van der Waals surface area contributed by atoms with Crippen LogP contribution < -0.4 is 10.6 Å². The molecule has 0 amide bonds. The SMILES string of the molecule is CNC(=S)NCCCc1nnc(SC)n1C1CCCC1. The second-order valence-electron chi connectivity index (χ2n) is 5.02. The first-order valence-electron chi connectivity index (χ1n) is 7.19. The number of thioether (sulfide) groups is 1. The molecule has 0 atom stereocenters. The van der Waals surface area contributed by atoms with Gasteiger partial charge in [0.2, 0.25) is 0 Å². The van der Waals surface area contributed by atoms with Gasteiger partial charge in [0, 0.05) is 26.1 Å². The van der Waals surface area contributed by atoms with Gasteiger partial charge in [-0.25, -0.2) is 0 Å². The summed E-state index contributed by atoms with van der Waals surface area (Å²) in [5.41, 5.74) is 0. The maximum absolute atomic E-state index is 5.06. The first kappa shape index (κ1) is 15.6. The minimum Gasteiger partial charge on any atom is -0.366 e. The Labute approximate surface area is 130 Å². The Bertz CT molecular complexity index is 440. The van der Waals surface area contributed by atoms with Crippen LogP contribution in [0.25, 0.3) is 0 Å². The van der Waals surface area contributed by atoms with Crippen LogP contribution >= 0.6 is 24.0 Å². The highest BCUT2D eigenvalue weighted by Crippen LogP contribution is 2.33. The molecule has 1 saturated carbocycles. The van der Waals surface area contributed by atoms with E-state index in [1.807, 2.05) is 7.05 Å². The Hall–Kier alpha value is -0.820. The summed E-state index contributed by atoms with van der Waals surface area (Å²) >= 11 is 6.76. The van der Waals surface area contributed by atoms with Crippen LogP contribution in [-0.4, -0.2) is 39.7 Å². The van der Waals surface area contributed by atoms with Crippen LogP contribution in [0, 0.1) is 0 Å². The van der Waals surface area contributed by atoms with E-state index < -0.39 is 0 Å². The van der Waals surface area contributed by atoms with Crippen molar-refractivity contribution in [3.8, 4) is 0 Å². The maximum Gasteiger partial charge on any atom is 0.191 e. The molecule has 1 fully saturated rings. The summed E-state index contributed by atoms with van der Waals surface area (Å²) in [5, 5.41) is 16.6. The Kier molecular flexibility index (Phi) is 6.09. The molecule has 0 bridgehead atoms. The van der Waals surface area contributed by atoms with Crippen LogP contribution in [-0.2, 0) is 6.42 Å². The normalized spacial score (nSPS) is 15.5. The molecule has 1 aliphatic rings. The number of nitrogens with zero attached hydrogens (tertiary/aromatic N) is 3. The monoisotopic (exact) mass is 313 g/mol. The number of rotatable bonds is 6. The second kappa shape index (κ2) is 7.83. The largest absolute Gasteiger partial charge is 0.366 e. The van der Waals surface area contributed by atoms with Gasteiger partial charge in [0.05, 0.1) is 0 Å². The summed E-state index contributed by atoms with van der Waals surface area (Å²) in [6.07, 6.45) is 9.22. The molecule has 0 aliphatic heterocycles. The molecule has 0 saturated heterocycles. The third kappa shape index (κ3) is 3.85. The molecule has 1 aromatic rings. The van der Waals surface area contributed by atoms with Crippen molar-refractivity contribution < 1.29 is 0 Å². The number of nitrogens with one attached hydrogen (secondary N) is 2. The first-order chi connectivity index (χ1) is 9.76. The van der Waals surface area contributed by atoms with Gasteiger partial charge in [0.25, 0.3) is 0 Å². The molecule has 1 heterocycles. The van der Waals surface area contributed by atoms with E-state index in [9.17, 15) is 0 Å². The highest BCUT2D eigenvalue weighted by atomic mass is 32.2. The van der Waals surface area contributed by atoms with Gasteiger partial charge in [-0.1, -0.05) is 24.6 Å². The quantitative estimate of drug-likeness (QED) is 0.477. The predicted octanol–water partition coefficient (Wildman–Crippen LogP) is 2.14. The van der Waals surface area contributed by atoms with Gasteiger partial charge in [-0.3, -0.25) is 0 Å². The fourth-order valence-corrected chi connectivity index (χ4v) is 3.36. The second-order valence-corrected chi connectivity index (χ2v) is 6.20.